The number of aryl methyl sites for hydroxylation is 2. The first-order chi connectivity index (χ1) is 10.5. The average molecular weight is 295 g/mol. The molecule has 4 nitrogen and oxygen atoms in total. The van der Waals surface area contributed by atoms with Crippen molar-refractivity contribution in [3.63, 3.8) is 0 Å². The Kier molecular flexibility index (Phi) is 5.31. The Morgan fingerprint density at radius 3 is 2.09 bits per heavy atom. The van der Waals surface area contributed by atoms with E-state index in [1.165, 1.54) is 11.1 Å². The second-order valence-corrected chi connectivity index (χ2v) is 5.32. The Bertz CT molecular complexity index is 658. The Balaban J connectivity index is 1.85. The SMILES string of the molecule is CC(=NNC(=O)CNc1ccc(C)cc1)c1ccc(C)cc1. The van der Waals surface area contributed by atoms with Crippen LogP contribution in [-0.4, -0.2) is 18.2 Å². The highest BCUT2D eigenvalue weighted by Crippen LogP contribution is 2.07. The van der Waals surface area contributed by atoms with Gasteiger partial charge in [-0.3, -0.25) is 4.79 Å². The van der Waals surface area contributed by atoms with Crippen LogP contribution in [0.3, 0.4) is 0 Å². The summed E-state index contributed by atoms with van der Waals surface area (Å²) < 4.78 is 0. The summed E-state index contributed by atoms with van der Waals surface area (Å²) in [5.74, 6) is -0.174. The molecule has 1 amide bonds. The summed E-state index contributed by atoms with van der Waals surface area (Å²) in [6.07, 6.45) is 0. The highest BCUT2D eigenvalue weighted by molar-refractivity contribution is 5.99. The van der Waals surface area contributed by atoms with E-state index in [1.54, 1.807) is 0 Å². The molecule has 0 aliphatic heterocycles. The molecule has 0 bridgehead atoms. The number of amides is 1. The third-order valence-electron chi connectivity index (χ3n) is 3.32. The lowest BCUT2D eigenvalue weighted by molar-refractivity contribution is -0.119. The standard InChI is InChI=1S/C18H21N3O/c1-13-4-8-16(9-5-13)15(3)20-21-18(22)12-19-17-10-6-14(2)7-11-17/h4-11,19H,12H2,1-3H3,(H,21,22). The van der Waals surface area contributed by atoms with Crippen molar-refractivity contribution in [3.05, 3.63) is 65.2 Å². The molecule has 114 valence electrons. The minimum atomic E-state index is -0.174. The zero-order valence-electron chi connectivity index (χ0n) is 13.2. The van der Waals surface area contributed by atoms with Crippen LogP contribution in [0, 0.1) is 13.8 Å². The minimum absolute atomic E-state index is 0.174. The van der Waals surface area contributed by atoms with Gasteiger partial charge in [0, 0.05) is 5.69 Å². The summed E-state index contributed by atoms with van der Waals surface area (Å²) in [5, 5.41) is 7.19. The predicted octanol–water partition coefficient (Wildman–Crippen LogP) is 3.26. The van der Waals surface area contributed by atoms with Crippen molar-refractivity contribution >= 4 is 17.3 Å². The molecule has 0 saturated heterocycles. The van der Waals surface area contributed by atoms with Crippen LogP contribution in [0.5, 0.6) is 0 Å². The van der Waals surface area contributed by atoms with Gasteiger partial charge in [0.25, 0.3) is 5.91 Å². The van der Waals surface area contributed by atoms with E-state index in [-0.39, 0.29) is 12.5 Å². The molecule has 0 saturated carbocycles. The number of hydrogen-bond donors (Lipinski definition) is 2. The van der Waals surface area contributed by atoms with Crippen molar-refractivity contribution in [1.29, 1.82) is 0 Å². The molecule has 0 aliphatic carbocycles. The maximum atomic E-state index is 11.8. The van der Waals surface area contributed by atoms with Crippen molar-refractivity contribution in [2.24, 2.45) is 5.10 Å². The number of nitrogens with one attached hydrogen (secondary N) is 2. The van der Waals surface area contributed by atoms with Crippen LogP contribution in [0.15, 0.2) is 53.6 Å². The molecule has 0 heterocycles. The van der Waals surface area contributed by atoms with Gasteiger partial charge in [-0.15, -0.1) is 0 Å². The second-order valence-electron chi connectivity index (χ2n) is 5.32. The largest absolute Gasteiger partial charge is 0.376 e. The van der Waals surface area contributed by atoms with Gasteiger partial charge in [0.15, 0.2) is 0 Å². The molecule has 22 heavy (non-hydrogen) atoms. The molecule has 0 aromatic heterocycles. The van der Waals surface area contributed by atoms with Crippen LogP contribution in [-0.2, 0) is 4.79 Å². The topological polar surface area (TPSA) is 53.5 Å². The monoisotopic (exact) mass is 295 g/mol. The molecule has 0 spiro atoms. The maximum Gasteiger partial charge on any atom is 0.259 e. The summed E-state index contributed by atoms with van der Waals surface area (Å²) in [5.41, 5.74) is 7.64. The lowest BCUT2D eigenvalue weighted by Gasteiger charge is -2.06. The summed E-state index contributed by atoms with van der Waals surface area (Å²) in [6.45, 7) is 6.12. The molecule has 4 heteroatoms. The third-order valence-corrected chi connectivity index (χ3v) is 3.32. The number of hydrazone groups is 1. The smallest absolute Gasteiger partial charge is 0.259 e. The van der Waals surface area contributed by atoms with Gasteiger partial charge < -0.3 is 5.32 Å². The van der Waals surface area contributed by atoms with Gasteiger partial charge in [-0.2, -0.15) is 5.10 Å². The molecule has 2 aromatic carbocycles. The Morgan fingerprint density at radius 2 is 1.50 bits per heavy atom. The first kappa shape index (κ1) is 15.8. The molecular formula is C18H21N3O. The zero-order valence-corrected chi connectivity index (χ0v) is 13.2. The van der Waals surface area contributed by atoms with Gasteiger partial charge in [0.2, 0.25) is 0 Å². The Labute approximate surface area is 131 Å². The maximum absolute atomic E-state index is 11.8. The Hall–Kier alpha value is -2.62. The van der Waals surface area contributed by atoms with E-state index in [0.717, 1.165) is 17.0 Å². The number of nitrogens with zero attached hydrogens (tertiary/aromatic N) is 1. The van der Waals surface area contributed by atoms with Crippen molar-refractivity contribution < 1.29 is 4.79 Å². The third kappa shape index (κ3) is 4.74. The van der Waals surface area contributed by atoms with Crippen LogP contribution in [0.1, 0.15) is 23.6 Å². The van der Waals surface area contributed by atoms with E-state index >= 15 is 0 Å². The molecule has 2 rings (SSSR count). The van der Waals surface area contributed by atoms with Gasteiger partial charge in [0.05, 0.1) is 12.3 Å². The summed E-state index contributed by atoms with van der Waals surface area (Å²) in [7, 11) is 0. The van der Waals surface area contributed by atoms with E-state index in [9.17, 15) is 4.79 Å². The highest BCUT2D eigenvalue weighted by atomic mass is 16.2. The van der Waals surface area contributed by atoms with E-state index in [1.807, 2.05) is 69.3 Å². The average Bonchev–Trinajstić information content (AvgIpc) is 2.52. The van der Waals surface area contributed by atoms with Gasteiger partial charge in [-0.05, 0) is 38.5 Å². The number of carbonyl (C=O) groups is 1. The number of carbonyl (C=O) groups excluding carboxylic acids is 1. The number of benzene rings is 2. The van der Waals surface area contributed by atoms with Crippen molar-refractivity contribution in [2.45, 2.75) is 20.8 Å². The lowest BCUT2D eigenvalue weighted by Crippen LogP contribution is -2.26. The molecule has 0 aliphatic rings. The lowest BCUT2D eigenvalue weighted by atomic mass is 10.1. The zero-order chi connectivity index (χ0) is 15.9. The van der Waals surface area contributed by atoms with Crippen LogP contribution >= 0.6 is 0 Å². The summed E-state index contributed by atoms with van der Waals surface area (Å²) in [4.78, 5) is 11.8. The predicted molar refractivity (Wildman–Crippen MR) is 91.2 cm³/mol. The van der Waals surface area contributed by atoms with Gasteiger partial charge in [-0.25, -0.2) is 5.43 Å². The van der Waals surface area contributed by atoms with Crippen LogP contribution in [0.2, 0.25) is 0 Å². The number of hydrogen-bond acceptors (Lipinski definition) is 3. The highest BCUT2D eigenvalue weighted by Gasteiger charge is 2.01. The van der Waals surface area contributed by atoms with Gasteiger partial charge in [0.1, 0.15) is 0 Å². The molecule has 0 atom stereocenters. The molecule has 0 radical (unpaired) electrons. The molecule has 0 unspecified atom stereocenters. The van der Waals surface area contributed by atoms with Crippen LogP contribution in [0.25, 0.3) is 0 Å². The second kappa shape index (κ2) is 7.41. The van der Waals surface area contributed by atoms with Gasteiger partial charge in [-0.1, -0.05) is 47.5 Å². The van der Waals surface area contributed by atoms with Crippen LogP contribution in [0.4, 0.5) is 5.69 Å². The summed E-state index contributed by atoms with van der Waals surface area (Å²) >= 11 is 0. The first-order valence-electron chi connectivity index (χ1n) is 7.25. The first-order valence-corrected chi connectivity index (χ1v) is 7.25. The number of anilines is 1. The van der Waals surface area contributed by atoms with Gasteiger partial charge >= 0.3 is 0 Å². The minimum Gasteiger partial charge on any atom is -0.376 e. The normalized spacial score (nSPS) is 11.1. The quantitative estimate of drug-likeness (QED) is 0.657. The van der Waals surface area contributed by atoms with E-state index in [0.29, 0.717) is 0 Å². The van der Waals surface area contributed by atoms with Crippen molar-refractivity contribution in [3.8, 4) is 0 Å². The summed E-state index contributed by atoms with van der Waals surface area (Å²) in [6, 6.07) is 15.9. The fraction of sp³-hybridized carbons (Fsp3) is 0.222. The molecular weight excluding hydrogens is 274 g/mol. The molecule has 2 N–H and O–H groups in total. The van der Waals surface area contributed by atoms with Crippen molar-refractivity contribution in [2.75, 3.05) is 11.9 Å². The van der Waals surface area contributed by atoms with Crippen molar-refractivity contribution in [1.82, 2.24) is 5.43 Å². The number of rotatable bonds is 5. The van der Waals surface area contributed by atoms with E-state index < -0.39 is 0 Å². The Morgan fingerprint density at radius 1 is 0.955 bits per heavy atom. The van der Waals surface area contributed by atoms with E-state index in [2.05, 4.69) is 15.8 Å². The molecule has 0 fully saturated rings. The fourth-order valence-electron chi connectivity index (χ4n) is 1.90. The van der Waals surface area contributed by atoms with E-state index in [4.69, 9.17) is 0 Å². The fourth-order valence-corrected chi connectivity index (χ4v) is 1.90. The molecule has 2 aromatic rings. The van der Waals surface area contributed by atoms with Crippen LogP contribution < -0.4 is 10.7 Å².